The first-order valence-corrected chi connectivity index (χ1v) is 14.9. The maximum atomic E-state index is 13.0. The van der Waals surface area contributed by atoms with E-state index in [9.17, 15) is 34.8 Å². The molecule has 4 N–H and O–H groups in total. The minimum absolute atomic E-state index is 0.00000289. The number of hydrogen-bond donors (Lipinski definition) is 4. The van der Waals surface area contributed by atoms with Gasteiger partial charge in [0, 0.05) is 35.7 Å². The van der Waals surface area contributed by atoms with Crippen LogP contribution in [0.3, 0.4) is 0 Å². The number of ether oxygens (including phenoxy) is 4. The highest BCUT2D eigenvalue weighted by atomic mass is 16.7. The number of rotatable bonds is 5. The molecule has 5 fully saturated rings. The minimum atomic E-state index is -1.99. The number of aliphatic hydroxyl groups excluding tert-OH is 2. The Morgan fingerprint density at radius 1 is 1.10 bits per heavy atom. The fourth-order valence-electron chi connectivity index (χ4n) is 10.1. The molecule has 2 aliphatic heterocycles. The normalized spacial score (nSPS) is 52.6. The van der Waals surface area contributed by atoms with Crippen LogP contribution < -0.4 is 0 Å². The minimum Gasteiger partial charge on any atom is -0.467 e. The van der Waals surface area contributed by atoms with Crippen molar-refractivity contribution in [3.63, 3.8) is 0 Å². The fraction of sp³-hybridized carbons (Fsp3) is 0.833. The van der Waals surface area contributed by atoms with E-state index in [-0.39, 0.29) is 43.6 Å². The van der Waals surface area contributed by atoms with Crippen LogP contribution in [0.25, 0.3) is 0 Å². The molecular weight excluding hydrogens is 536 g/mol. The zero-order chi connectivity index (χ0) is 29.5. The van der Waals surface area contributed by atoms with Gasteiger partial charge in [0.2, 0.25) is 5.60 Å². The Morgan fingerprint density at radius 2 is 1.85 bits per heavy atom. The molecule has 4 aliphatic carbocycles. The standard InChI is InChI=1S/C30H42O11/c1-15-10-29(36,25(35)38-3)26(40-15)41-22-9-17-4-5-19-18(28(17,14-31)11-20(22)32)6-7-27(2)24(16-8-23(34)39-13-16)21(33)12-30(19,27)37/h8,14-15,17-22,24,26,32-33,36-37H,4-7,9-13H2,1-3H3/t15-,17+,18+,19-,20-,21-,22-,24+,26+,27-,28-,29+,30+/m1/s1. The third-order valence-electron chi connectivity index (χ3n) is 11.9. The van der Waals surface area contributed by atoms with Crippen molar-refractivity contribution < 1.29 is 53.8 Å². The van der Waals surface area contributed by atoms with E-state index in [1.165, 1.54) is 13.2 Å². The summed E-state index contributed by atoms with van der Waals surface area (Å²) in [6.45, 7) is 3.81. The van der Waals surface area contributed by atoms with E-state index in [1.807, 2.05) is 6.92 Å². The van der Waals surface area contributed by atoms with E-state index < -0.39 is 70.6 Å². The summed E-state index contributed by atoms with van der Waals surface area (Å²) in [5, 5.41) is 46.0. The smallest absolute Gasteiger partial charge is 0.343 e. The van der Waals surface area contributed by atoms with Gasteiger partial charge in [0.15, 0.2) is 6.29 Å². The maximum Gasteiger partial charge on any atom is 0.343 e. The van der Waals surface area contributed by atoms with Crippen molar-refractivity contribution in [2.24, 2.45) is 34.5 Å². The second-order valence-corrected chi connectivity index (χ2v) is 13.8. The SMILES string of the molecule is COC(=O)[C@@]1(O)C[C@@H](C)O[C@H]1O[C@@H]1C[C@@H]2CC[C@@H]3[C@H](CC[C@]4(C)[C@@H](C5=CC(=O)OC5)[C@H](O)C[C@]34O)[C@@]2(C=O)C[C@H]1O. The topological polar surface area (TPSA) is 169 Å². The van der Waals surface area contributed by atoms with Crippen LogP contribution in [0.5, 0.6) is 0 Å². The van der Waals surface area contributed by atoms with Gasteiger partial charge in [0.05, 0.1) is 37.1 Å². The lowest BCUT2D eigenvalue weighted by Crippen LogP contribution is -2.65. The summed E-state index contributed by atoms with van der Waals surface area (Å²) < 4.78 is 21.7. The lowest BCUT2D eigenvalue weighted by atomic mass is 9.43. The summed E-state index contributed by atoms with van der Waals surface area (Å²) in [6, 6.07) is 0. The Balaban J connectivity index is 1.25. The number of carbonyl (C=O) groups is 3. The number of hydrogen-bond acceptors (Lipinski definition) is 11. The third-order valence-corrected chi connectivity index (χ3v) is 11.9. The first-order valence-electron chi connectivity index (χ1n) is 14.9. The molecule has 0 radical (unpaired) electrons. The second-order valence-electron chi connectivity index (χ2n) is 13.8. The zero-order valence-corrected chi connectivity index (χ0v) is 23.9. The summed E-state index contributed by atoms with van der Waals surface area (Å²) in [4.78, 5) is 37.2. The first-order chi connectivity index (χ1) is 19.3. The molecule has 13 atom stereocenters. The van der Waals surface area contributed by atoms with Gasteiger partial charge in [-0.2, -0.15) is 0 Å². The number of aliphatic hydroxyl groups is 4. The third kappa shape index (κ3) is 4.03. The lowest BCUT2D eigenvalue weighted by molar-refractivity contribution is -0.262. The predicted molar refractivity (Wildman–Crippen MR) is 140 cm³/mol. The summed E-state index contributed by atoms with van der Waals surface area (Å²) in [6.07, 6.45) is 1.01. The summed E-state index contributed by atoms with van der Waals surface area (Å²) >= 11 is 0. The van der Waals surface area contributed by atoms with E-state index in [2.05, 4.69) is 0 Å². The number of aldehydes is 1. The second kappa shape index (κ2) is 9.82. The molecule has 6 rings (SSSR count). The van der Waals surface area contributed by atoms with Gasteiger partial charge < -0.3 is 44.2 Å². The molecule has 0 aromatic carbocycles. The molecule has 41 heavy (non-hydrogen) atoms. The summed E-state index contributed by atoms with van der Waals surface area (Å²) in [5.74, 6) is -2.33. The molecule has 6 aliphatic rings. The Kier molecular flexibility index (Phi) is 6.99. The highest BCUT2D eigenvalue weighted by Crippen LogP contribution is 2.69. The first kappa shape index (κ1) is 29.2. The van der Waals surface area contributed by atoms with Crippen LogP contribution in [-0.2, 0) is 33.3 Å². The highest BCUT2D eigenvalue weighted by molar-refractivity contribution is 5.85. The van der Waals surface area contributed by atoms with Crippen molar-refractivity contribution in [3.8, 4) is 0 Å². The van der Waals surface area contributed by atoms with Gasteiger partial charge in [-0.1, -0.05) is 6.92 Å². The van der Waals surface area contributed by atoms with Crippen molar-refractivity contribution in [1.29, 1.82) is 0 Å². The molecule has 11 nitrogen and oxygen atoms in total. The Hall–Kier alpha value is -1.89. The average Bonchev–Trinajstić information content (AvgIpc) is 3.54. The van der Waals surface area contributed by atoms with Crippen molar-refractivity contribution in [3.05, 3.63) is 11.6 Å². The van der Waals surface area contributed by atoms with Crippen molar-refractivity contribution in [2.75, 3.05) is 13.7 Å². The molecule has 11 heteroatoms. The van der Waals surface area contributed by atoms with Crippen LogP contribution in [0.1, 0.15) is 65.2 Å². The highest BCUT2D eigenvalue weighted by Gasteiger charge is 2.71. The van der Waals surface area contributed by atoms with E-state index in [0.717, 1.165) is 6.29 Å². The molecule has 2 heterocycles. The molecule has 4 saturated carbocycles. The Bertz CT molecular complexity index is 1140. The summed E-state index contributed by atoms with van der Waals surface area (Å²) in [5.41, 5.74) is -4.13. The van der Waals surface area contributed by atoms with Crippen LogP contribution >= 0.6 is 0 Å². The largest absolute Gasteiger partial charge is 0.467 e. The monoisotopic (exact) mass is 578 g/mol. The van der Waals surface area contributed by atoms with E-state index in [1.54, 1.807) is 6.92 Å². The zero-order valence-electron chi connectivity index (χ0n) is 23.9. The van der Waals surface area contributed by atoms with Gasteiger partial charge in [0.25, 0.3) is 0 Å². The number of fused-ring (bicyclic) bond motifs is 5. The van der Waals surface area contributed by atoms with Gasteiger partial charge in [-0.05, 0) is 68.8 Å². The maximum absolute atomic E-state index is 13.0. The average molecular weight is 579 g/mol. The van der Waals surface area contributed by atoms with Crippen LogP contribution in [0.4, 0.5) is 0 Å². The van der Waals surface area contributed by atoms with Gasteiger partial charge in [-0.25, -0.2) is 9.59 Å². The molecule has 0 amide bonds. The Labute approximate surface area is 239 Å². The van der Waals surface area contributed by atoms with Crippen molar-refractivity contribution >= 4 is 18.2 Å². The number of cyclic esters (lactones) is 1. The van der Waals surface area contributed by atoms with Gasteiger partial charge in [-0.3, -0.25) is 0 Å². The quantitative estimate of drug-likeness (QED) is 0.269. The number of carbonyl (C=O) groups excluding carboxylic acids is 3. The van der Waals surface area contributed by atoms with Crippen LogP contribution in [0, 0.1) is 34.5 Å². The molecule has 0 aromatic heterocycles. The number of esters is 2. The van der Waals surface area contributed by atoms with E-state index >= 15 is 0 Å². The van der Waals surface area contributed by atoms with Crippen LogP contribution in [-0.4, -0.2) is 94.3 Å². The predicted octanol–water partition coefficient (Wildman–Crippen LogP) is 0.788. The molecule has 1 saturated heterocycles. The van der Waals surface area contributed by atoms with Gasteiger partial charge in [0.1, 0.15) is 12.9 Å². The molecule has 0 bridgehead atoms. The van der Waals surface area contributed by atoms with Crippen molar-refractivity contribution in [1.82, 2.24) is 0 Å². The van der Waals surface area contributed by atoms with Crippen LogP contribution in [0.15, 0.2) is 11.6 Å². The molecule has 0 spiro atoms. The lowest BCUT2D eigenvalue weighted by Gasteiger charge is -2.63. The number of methoxy groups -OCH3 is 1. The van der Waals surface area contributed by atoms with E-state index in [0.29, 0.717) is 37.7 Å². The van der Waals surface area contributed by atoms with Gasteiger partial charge in [-0.15, -0.1) is 0 Å². The molecule has 0 aromatic rings. The fourth-order valence-corrected chi connectivity index (χ4v) is 10.1. The molecule has 0 unspecified atom stereocenters. The summed E-state index contributed by atoms with van der Waals surface area (Å²) in [7, 11) is 1.18. The van der Waals surface area contributed by atoms with E-state index in [4.69, 9.17) is 18.9 Å². The Morgan fingerprint density at radius 3 is 2.51 bits per heavy atom. The molecular formula is C30H42O11. The van der Waals surface area contributed by atoms with Crippen LogP contribution in [0.2, 0.25) is 0 Å². The van der Waals surface area contributed by atoms with Gasteiger partial charge >= 0.3 is 11.9 Å². The molecule has 228 valence electrons. The van der Waals surface area contributed by atoms with Crippen molar-refractivity contribution in [2.45, 2.75) is 107 Å².